The van der Waals surface area contributed by atoms with Crippen LogP contribution in [0.25, 0.3) is 0 Å². The van der Waals surface area contributed by atoms with Gasteiger partial charge in [-0.3, -0.25) is 29.8 Å². The van der Waals surface area contributed by atoms with E-state index >= 15 is 0 Å². The SMILES string of the molecule is C[C@H](NC(=O)C(N)C(N)c1ccc([N+](=O)[O-])cc1[N+](=O)[O-])C(=O)O. The van der Waals surface area contributed by atoms with Gasteiger partial charge in [-0.25, -0.2) is 0 Å². The van der Waals surface area contributed by atoms with Gasteiger partial charge in [0.2, 0.25) is 5.91 Å². The maximum absolute atomic E-state index is 11.9. The highest BCUT2D eigenvalue weighted by molar-refractivity contribution is 5.87. The summed E-state index contributed by atoms with van der Waals surface area (Å²) < 4.78 is 0. The van der Waals surface area contributed by atoms with E-state index < -0.39 is 51.2 Å². The number of carboxylic acid groups (broad SMARTS) is 1. The van der Waals surface area contributed by atoms with E-state index in [1.165, 1.54) is 6.92 Å². The molecule has 0 saturated heterocycles. The van der Waals surface area contributed by atoms with Crippen molar-refractivity contribution in [3.8, 4) is 0 Å². The standard InChI is InChI=1S/C12H15N5O7/c1-5(12(19)20)15-11(18)10(14)9(13)7-3-2-6(16(21)22)4-8(7)17(23)24/h2-5,9-10H,13-14H2,1H3,(H,15,18)(H,19,20)/t5-,9?,10?/m0/s1. The molecule has 0 saturated carbocycles. The van der Waals surface area contributed by atoms with Crippen LogP contribution < -0.4 is 16.8 Å². The van der Waals surface area contributed by atoms with Crippen molar-refractivity contribution in [1.29, 1.82) is 0 Å². The first-order chi connectivity index (χ1) is 11.1. The topological polar surface area (TPSA) is 205 Å². The summed E-state index contributed by atoms with van der Waals surface area (Å²) >= 11 is 0. The first-order valence-electron chi connectivity index (χ1n) is 6.53. The first kappa shape index (κ1) is 18.9. The second kappa shape index (κ2) is 7.43. The van der Waals surface area contributed by atoms with Gasteiger partial charge in [-0.15, -0.1) is 0 Å². The molecule has 24 heavy (non-hydrogen) atoms. The van der Waals surface area contributed by atoms with Crippen LogP contribution in [0.3, 0.4) is 0 Å². The summed E-state index contributed by atoms with van der Waals surface area (Å²) in [5.74, 6) is -2.23. The third kappa shape index (κ3) is 4.21. The molecule has 12 nitrogen and oxygen atoms in total. The molecule has 0 bridgehead atoms. The van der Waals surface area contributed by atoms with Crippen LogP contribution in [0.4, 0.5) is 11.4 Å². The highest BCUT2D eigenvalue weighted by Gasteiger charge is 2.31. The summed E-state index contributed by atoms with van der Waals surface area (Å²) in [6, 6.07) is -1.36. The average Bonchev–Trinajstić information content (AvgIpc) is 2.52. The molecule has 0 aromatic heterocycles. The Balaban J connectivity index is 3.11. The number of hydrogen-bond acceptors (Lipinski definition) is 8. The Morgan fingerprint density at radius 3 is 2.25 bits per heavy atom. The van der Waals surface area contributed by atoms with Crippen molar-refractivity contribution in [3.63, 3.8) is 0 Å². The lowest BCUT2D eigenvalue weighted by Crippen LogP contribution is -2.51. The molecule has 0 aliphatic carbocycles. The van der Waals surface area contributed by atoms with Gasteiger partial charge >= 0.3 is 5.97 Å². The van der Waals surface area contributed by atoms with E-state index in [1.807, 2.05) is 0 Å². The van der Waals surface area contributed by atoms with Gasteiger partial charge in [0.15, 0.2) is 0 Å². The van der Waals surface area contributed by atoms with Crippen molar-refractivity contribution in [2.24, 2.45) is 11.5 Å². The van der Waals surface area contributed by atoms with Crippen LogP contribution in [0.1, 0.15) is 18.5 Å². The Labute approximate surface area is 134 Å². The normalized spacial score (nSPS) is 14.3. The second-order valence-corrected chi connectivity index (χ2v) is 4.88. The molecule has 2 unspecified atom stereocenters. The van der Waals surface area contributed by atoms with E-state index in [0.29, 0.717) is 6.07 Å². The fourth-order valence-electron chi connectivity index (χ4n) is 1.81. The number of aliphatic carboxylic acids is 1. The highest BCUT2D eigenvalue weighted by Crippen LogP contribution is 2.29. The monoisotopic (exact) mass is 341 g/mol. The van der Waals surface area contributed by atoms with Crippen molar-refractivity contribution < 1.29 is 24.5 Å². The van der Waals surface area contributed by atoms with E-state index in [1.54, 1.807) is 0 Å². The summed E-state index contributed by atoms with van der Waals surface area (Å²) in [6.45, 7) is 1.20. The number of rotatable bonds is 7. The largest absolute Gasteiger partial charge is 0.480 e. The van der Waals surface area contributed by atoms with E-state index in [-0.39, 0.29) is 5.56 Å². The van der Waals surface area contributed by atoms with E-state index in [9.17, 15) is 29.8 Å². The molecule has 130 valence electrons. The zero-order valence-electron chi connectivity index (χ0n) is 12.4. The van der Waals surface area contributed by atoms with Crippen molar-refractivity contribution in [2.45, 2.75) is 25.0 Å². The number of nitro groups is 2. The van der Waals surface area contributed by atoms with Crippen LogP contribution >= 0.6 is 0 Å². The number of carboxylic acids is 1. The Morgan fingerprint density at radius 1 is 1.21 bits per heavy atom. The van der Waals surface area contributed by atoms with Crippen molar-refractivity contribution >= 4 is 23.3 Å². The zero-order chi connectivity index (χ0) is 18.6. The zero-order valence-corrected chi connectivity index (χ0v) is 12.4. The van der Waals surface area contributed by atoms with E-state index in [0.717, 1.165) is 12.1 Å². The lowest BCUT2D eigenvalue weighted by Gasteiger charge is -2.20. The smallest absolute Gasteiger partial charge is 0.325 e. The Morgan fingerprint density at radius 2 is 1.79 bits per heavy atom. The van der Waals surface area contributed by atoms with Crippen molar-refractivity contribution in [1.82, 2.24) is 5.32 Å². The Hall–Kier alpha value is -3.12. The minimum absolute atomic E-state index is 0.184. The van der Waals surface area contributed by atoms with Gasteiger partial charge in [0.1, 0.15) is 12.1 Å². The molecule has 0 spiro atoms. The number of amides is 1. The number of nitrogens with one attached hydrogen (secondary N) is 1. The van der Waals surface area contributed by atoms with E-state index in [2.05, 4.69) is 5.32 Å². The summed E-state index contributed by atoms with van der Waals surface area (Å²) in [4.78, 5) is 42.6. The summed E-state index contributed by atoms with van der Waals surface area (Å²) in [6.07, 6.45) is 0. The minimum atomic E-state index is -1.49. The first-order valence-corrected chi connectivity index (χ1v) is 6.53. The van der Waals surface area contributed by atoms with Gasteiger partial charge in [-0.2, -0.15) is 0 Å². The quantitative estimate of drug-likeness (QED) is 0.369. The average molecular weight is 341 g/mol. The molecule has 12 heteroatoms. The molecular weight excluding hydrogens is 326 g/mol. The molecule has 1 amide bonds. The van der Waals surface area contributed by atoms with Crippen LogP contribution in [0.15, 0.2) is 18.2 Å². The Kier molecular flexibility index (Phi) is 5.86. The predicted molar refractivity (Wildman–Crippen MR) is 79.9 cm³/mol. The van der Waals surface area contributed by atoms with Gasteiger partial charge in [-0.1, -0.05) is 0 Å². The predicted octanol–water partition coefficient (Wildman–Crippen LogP) is -0.581. The number of carbonyl (C=O) groups excluding carboxylic acids is 1. The molecule has 1 aromatic rings. The van der Waals surface area contributed by atoms with Crippen LogP contribution in [0.5, 0.6) is 0 Å². The fourth-order valence-corrected chi connectivity index (χ4v) is 1.81. The van der Waals surface area contributed by atoms with Gasteiger partial charge in [0, 0.05) is 11.6 Å². The van der Waals surface area contributed by atoms with Gasteiger partial charge in [-0.05, 0) is 13.0 Å². The minimum Gasteiger partial charge on any atom is -0.480 e. The number of benzene rings is 1. The lowest BCUT2D eigenvalue weighted by atomic mass is 9.98. The number of nitrogens with two attached hydrogens (primary N) is 2. The Bertz CT molecular complexity index is 692. The summed E-state index contributed by atoms with van der Waals surface area (Å²) in [5.41, 5.74) is 10.0. The van der Waals surface area contributed by atoms with Crippen LogP contribution in [-0.2, 0) is 9.59 Å². The van der Waals surface area contributed by atoms with Crippen LogP contribution in [0.2, 0.25) is 0 Å². The highest BCUT2D eigenvalue weighted by atomic mass is 16.6. The number of hydrogen-bond donors (Lipinski definition) is 4. The third-order valence-corrected chi connectivity index (χ3v) is 3.20. The maximum atomic E-state index is 11.9. The number of nitrogens with zero attached hydrogens (tertiary/aromatic N) is 2. The van der Waals surface area contributed by atoms with Gasteiger partial charge in [0.05, 0.1) is 22.0 Å². The van der Waals surface area contributed by atoms with Crippen molar-refractivity contribution in [3.05, 3.63) is 44.0 Å². The second-order valence-electron chi connectivity index (χ2n) is 4.88. The summed E-state index contributed by atoms with van der Waals surface area (Å²) in [5, 5.41) is 32.6. The molecular formula is C12H15N5O7. The molecule has 1 rings (SSSR count). The number of carbonyl (C=O) groups is 2. The van der Waals surface area contributed by atoms with Gasteiger partial charge in [0.25, 0.3) is 11.4 Å². The maximum Gasteiger partial charge on any atom is 0.325 e. The third-order valence-electron chi connectivity index (χ3n) is 3.20. The molecule has 1 aromatic carbocycles. The van der Waals surface area contributed by atoms with Crippen LogP contribution in [-0.4, -0.2) is 38.9 Å². The molecule has 0 radical (unpaired) electrons. The molecule has 0 fully saturated rings. The number of nitro benzene ring substituents is 2. The summed E-state index contributed by atoms with van der Waals surface area (Å²) in [7, 11) is 0. The van der Waals surface area contributed by atoms with E-state index in [4.69, 9.17) is 16.6 Å². The van der Waals surface area contributed by atoms with Crippen molar-refractivity contribution in [2.75, 3.05) is 0 Å². The van der Waals surface area contributed by atoms with Gasteiger partial charge < -0.3 is 21.9 Å². The van der Waals surface area contributed by atoms with Crippen LogP contribution in [0, 0.1) is 20.2 Å². The molecule has 0 aliphatic rings. The fraction of sp³-hybridized carbons (Fsp3) is 0.333. The molecule has 0 heterocycles. The molecule has 6 N–H and O–H groups in total. The lowest BCUT2D eigenvalue weighted by molar-refractivity contribution is -0.394. The molecule has 3 atom stereocenters. The number of non-ortho nitro benzene ring substituents is 1. The molecule has 0 aliphatic heterocycles.